The highest BCUT2D eigenvalue weighted by Crippen LogP contribution is 2.19. The van der Waals surface area contributed by atoms with E-state index in [1.165, 1.54) is 12.1 Å². The van der Waals surface area contributed by atoms with Crippen LogP contribution in [0.5, 0.6) is 0 Å². The minimum Gasteiger partial charge on any atom is -0.391 e. The van der Waals surface area contributed by atoms with Crippen LogP contribution in [-0.4, -0.2) is 26.2 Å². The van der Waals surface area contributed by atoms with E-state index in [4.69, 9.17) is 0 Å². The first-order valence-electron chi connectivity index (χ1n) is 6.44. The number of aliphatic hydroxyl groups excluding tert-OH is 1. The molecule has 1 unspecified atom stereocenters. The smallest absolute Gasteiger partial charge is 0.240 e. The fourth-order valence-electron chi connectivity index (χ4n) is 1.92. The Balaban J connectivity index is 2.77. The molecule has 2 N–H and O–H groups in total. The Morgan fingerprint density at radius 3 is 2.45 bits per heavy atom. The molecule has 114 valence electrons. The number of nitrogens with one attached hydrogen (secondary N) is 1. The number of hydrogen-bond acceptors (Lipinski definition) is 3. The highest BCUT2D eigenvalue weighted by molar-refractivity contribution is 9.10. The molecule has 0 aliphatic carbocycles. The van der Waals surface area contributed by atoms with E-state index in [1.54, 1.807) is 0 Å². The first kappa shape index (κ1) is 17.6. The van der Waals surface area contributed by atoms with Gasteiger partial charge < -0.3 is 5.11 Å². The van der Waals surface area contributed by atoms with Gasteiger partial charge in [0.05, 0.1) is 15.5 Å². The van der Waals surface area contributed by atoms with Crippen molar-refractivity contribution in [1.82, 2.24) is 4.72 Å². The van der Waals surface area contributed by atoms with Gasteiger partial charge in [-0.2, -0.15) is 0 Å². The molecule has 0 saturated carbocycles. The van der Waals surface area contributed by atoms with Crippen molar-refractivity contribution in [2.75, 3.05) is 6.54 Å². The molecule has 0 fully saturated rings. The largest absolute Gasteiger partial charge is 0.391 e. The summed E-state index contributed by atoms with van der Waals surface area (Å²) in [4.78, 5) is -0.157. The zero-order valence-electron chi connectivity index (χ0n) is 11.4. The Kier molecular flexibility index (Phi) is 6.57. The number of halogens is 2. The van der Waals surface area contributed by atoms with Crippen LogP contribution in [0, 0.1) is 11.7 Å². The summed E-state index contributed by atoms with van der Waals surface area (Å²) in [6.45, 7) is 3.80. The van der Waals surface area contributed by atoms with Crippen LogP contribution in [0.2, 0.25) is 0 Å². The number of rotatable bonds is 7. The van der Waals surface area contributed by atoms with Crippen LogP contribution in [0.4, 0.5) is 4.39 Å². The first-order valence-corrected chi connectivity index (χ1v) is 8.72. The minimum absolute atomic E-state index is 0.0411. The molecule has 0 aromatic heterocycles. The summed E-state index contributed by atoms with van der Waals surface area (Å²) < 4.78 is 39.9. The lowest BCUT2D eigenvalue weighted by atomic mass is 9.97. The van der Waals surface area contributed by atoms with Crippen molar-refractivity contribution in [3.05, 3.63) is 28.5 Å². The predicted octanol–water partition coefficient (Wildman–Crippen LogP) is 2.66. The SMILES string of the molecule is CCC(CC)C(O)CNS(=O)(=O)c1ccc(Br)c(F)c1. The lowest BCUT2D eigenvalue weighted by Crippen LogP contribution is -2.36. The lowest BCUT2D eigenvalue weighted by molar-refractivity contribution is 0.107. The minimum atomic E-state index is -3.82. The van der Waals surface area contributed by atoms with E-state index in [9.17, 15) is 17.9 Å². The van der Waals surface area contributed by atoms with Gasteiger partial charge in [-0.25, -0.2) is 17.5 Å². The second-order valence-electron chi connectivity index (χ2n) is 4.57. The Labute approximate surface area is 127 Å². The van der Waals surface area contributed by atoms with Crippen LogP contribution in [0.25, 0.3) is 0 Å². The van der Waals surface area contributed by atoms with Crippen molar-refractivity contribution in [2.45, 2.75) is 37.7 Å². The molecular weight excluding hydrogens is 349 g/mol. The van der Waals surface area contributed by atoms with Crippen molar-refractivity contribution in [3.63, 3.8) is 0 Å². The van der Waals surface area contributed by atoms with Gasteiger partial charge in [-0.15, -0.1) is 0 Å². The number of hydrogen-bond donors (Lipinski definition) is 2. The summed E-state index contributed by atoms with van der Waals surface area (Å²) in [7, 11) is -3.82. The second-order valence-corrected chi connectivity index (χ2v) is 7.19. The van der Waals surface area contributed by atoms with Crippen molar-refractivity contribution in [1.29, 1.82) is 0 Å². The van der Waals surface area contributed by atoms with Crippen LogP contribution in [-0.2, 0) is 10.0 Å². The van der Waals surface area contributed by atoms with E-state index in [-0.39, 0.29) is 21.8 Å². The Hall–Kier alpha value is -0.500. The van der Waals surface area contributed by atoms with Crippen LogP contribution in [0.1, 0.15) is 26.7 Å². The summed E-state index contributed by atoms with van der Waals surface area (Å²) in [5.41, 5.74) is 0. The Morgan fingerprint density at radius 1 is 1.35 bits per heavy atom. The molecule has 1 aromatic carbocycles. The van der Waals surface area contributed by atoms with Gasteiger partial charge in [0.25, 0.3) is 0 Å². The van der Waals surface area contributed by atoms with Gasteiger partial charge >= 0.3 is 0 Å². The summed E-state index contributed by atoms with van der Waals surface area (Å²) in [5, 5.41) is 9.91. The fraction of sp³-hybridized carbons (Fsp3) is 0.538. The van der Waals surface area contributed by atoms with Gasteiger partial charge in [0.1, 0.15) is 5.82 Å². The average molecular weight is 368 g/mol. The molecule has 0 bridgehead atoms. The number of aliphatic hydroxyl groups is 1. The summed E-state index contributed by atoms with van der Waals surface area (Å²) in [6, 6.07) is 3.58. The topological polar surface area (TPSA) is 66.4 Å². The average Bonchev–Trinajstić information content (AvgIpc) is 2.41. The first-order chi connectivity index (χ1) is 9.31. The molecule has 4 nitrogen and oxygen atoms in total. The molecule has 0 saturated heterocycles. The van der Waals surface area contributed by atoms with Crippen LogP contribution < -0.4 is 4.72 Å². The third kappa shape index (κ3) is 4.51. The molecule has 20 heavy (non-hydrogen) atoms. The standard InChI is InChI=1S/C13H19BrFNO3S/c1-3-9(4-2)13(17)8-16-20(18,19)10-5-6-11(14)12(15)7-10/h5-7,9,13,16-17H,3-4,8H2,1-2H3. The third-order valence-corrected chi connectivity index (χ3v) is 5.34. The van der Waals surface area contributed by atoms with Gasteiger partial charge in [0, 0.05) is 6.54 Å². The maximum atomic E-state index is 13.4. The molecule has 0 amide bonds. The molecule has 0 aliphatic heterocycles. The summed E-state index contributed by atoms with van der Waals surface area (Å²) >= 11 is 2.97. The zero-order valence-corrected chi connectivity index (χ0v) is 13.8. The van der Waals surface area contributed by atoms with Gasteiger partial charge in [-0.05, 0) is 40.0 Å². The molecule has 1 rings (SSSR count). The Morgan fingerprint density at radius 2 is 1.95 bits per heavy atom. The van der Waals surface area contributed by atoms with Crippen LogP contribution in [0.15, 0.2) is 27.6 Å². The molecule has 0 radical (unpaired) electrons. The molecule has 0 aliphatic rings. The molecular formula is C13H19BrFNO3S. The predicted molar refractivity (Wildman–Crippen MR) is 79.4 cm³/mol. The Bertz CT molecular complexity index is 547. The molecule has 1 atom stereocenters. The molecule has 0 spiro atoms. The molecule has 0 heterocycles. The number of sulfonamides is 1. The zero-order chi connectivity index (χ0) is 15.3. The van der Waals surface area contributed by atoms with Crippen molar-refractivity contribution >= 4 is 26.0 Å². The van der Waals surface area contributed by atoms with E-state index in [1.807, 2.05) is 13.8 Å². The van der Waals surface area contributed by atoms with Crippen molar-refractivity contribution < 1.29 is 17.9 Å². The maximum Gasteiger partial charge on any atom is 0.240 e. The monoisotopic (exact) mass is 367 g/mol. The lowest BCUT2D eigenvalue weighted by Gasteiger charge is -2.20. The summed E-state index contributed by atoms with van der Waals surface area (Å²) in [6.07, 6.45) is 0.790. The van der Waals surface area contributed by atoms with Gasteiger partial charge in [0.2, 0.25) is 10.0 Å². The fourth-order valence-corrected chi connectivity index (χ4v) is 3.23. The maximum absolute atomic E-state index is 13.4. The third-order valence-electron chi connectivity index (χ3n) is 3.28. The van der Waals surface area contributed by atoms with Gasteiger partial charge in [-0.1, -0.05) is 26.7 Å². The highest BCUT2D eigenvalue weighted by atomic mass is 79.9. The van der Waals surface area contributed by atoms with Gasteiger partial charge in [0.15, 0.2) is 0 Å². The second kappa shape index (κ2) is 7.49. The molecule has 7 heteroatoms. The van der Waals surface area contributed by atoms with Gasteiger partial charge in [-0.3, -0.25) is 0 Å². The summed E-state index contributed by atoms with van der Waals surface area (Å²) in [5.74, 6) is -0.604. The number of benzene rings is 1. The normalized spacial score (nSPS) is 13.7. The van der Waals surface area contributed by atoms with E-state index in [2.05, 4.69) is 20.7 Å². The van der Waals surface area contributed by atoms with E-state index in [0.29, 0.717) is 0 Å². The quantitative estimate of drug-likeness (QED) is 0.778. The van der Waals surface area contributed by atoms with Crippen LogP contribution >= 0.6 is 15.9 Å². The van der Waals surface area contributed by atoms with E-state index in [0.717, 1.165) is 18.9 Å². The van der Waals surface area contributed by atoms with Crippen molar-refractivity contribution in [2.24, 2.45) is 5.92 Å². The van der Waals surface area contributed by atoms with Crippen LogP contribution in [0.3, 0.4) is 0 Å². The van der Waals surface area contributed by atoms with E-state index < -0.39 is 21.9 Å². The molecule has 1 aromatic rings. The van der Waals surface area contributed by atoms with E-state index >= 15 is 0 Å². The highest BCUT2D eigenvalue weighted by Gasteiger charge is 2.20. The van der Waals surface area contributed by atoms with Crippen molar-refractivity contribution in [3.8, 4) is 0 Å².